The molecule has 1 aromatic rings. The third kappa shape index (κ3) is 4.48. The standard InChI is InChI=1S/C15H26N4OS/c1-18-9-5-4-6-12(18)7-8-14(20)16-10-13-11-17-15(21-3)19(13)2/h11-12H,4-10H2,1-3H3,(H,16,20). The molecule has 1 aliphatic rings. The molecule has 0 radical (unpaired) electrons. The highest BCUT2D eigenvalue weighted by Gasteiger charge is 2.19. The van der Waals surface area contributed by atoms with Crippen molar-refractivity contribution in [2.75, 3.05) is 19.8 Å². The Labute approximate surface area is 131 Å². The van der Waals surface area contributed by atoms with Crippen molar-refractivity contribution in [1.29, 1.82) is 0 Å². The number of carbonyl (C=O) groups is 1. The fourth-order valence-corrected chi connectivity index (χ4v) is 3.41. The number of imidazole rings is 1. The molecule has 1 fully saturated rings. The maximum atomic E-state index is 12.0. The lowest BCUT2D eigenvalue weighted by molar-refractivity contribution is -0.121. The Hall–Kier alpha value is -1.01. The second kappa shape index (κ2) is 7.84. The molecule has 0 saturated carbocycles. The number of piperidine rings is 1. The molecular weight excluding hydrogens is 284 g/mol. The molecule has 1 amide bonds. The van der Waals surface area contributed by atoms with Gasteiger partial charge in [0.2, 0.25) is 5.91 Å². The molecular formula is C15H26N4OS. The summed E-state index contributed by atoms with van der Waals surface area (Å²) in [7, 11) is 4.15. The van der Waals surface area contributed by atoms with E-state index < -0.39 is 0 Å². The predicted molar refractivity (Wildman–Crippen MR) is 86.3 cm³/mol. The van der Waals surface area contributed by atoms with E-state index in [1.54, 1.807) is 11.8 Å². The van der Waals surface area contributed by atoms with Crippen LogP contribution in [0.5, 0.6) is 0 Å². The fraction of sp³-hybridized carbons (Fsp3) is 0.733. The summed E-state index contributed by atoms with van der Waals surface area (Å²) in [6.45, 7) is 1.72. The number of likely N-dealkylation sites (tertiary alicyclic amines) is 1. The van der Waals surface area contributed by atoms with Crippen LogP contribution in [0.15, 0.2) is 11.4 Å². The van der Waals surface area contributed by atoms with Crippen LogP contribution in [0, 0.1) is 0 Å². The monoisotopic (exact) mass is 310 g/mol. The minimum Gasteiger partial charge on any atom is -0.350 e. The van der Waals surface area contributed by atoms with Crippen molar-refractivity contribution in [2.24, 2.45) is 7.05 Å². The van der Waals surface area contributed by atoms with E-state index in [-0.39, 0.29) is 5.91 Å². The summed E-state index contributed by atoms with van der Waals surface area (Å²) in [6.07, 6.45) is 9.22. The lowest BCUT2D eigenvalue weighted by Gasteiger charge is -2.32. The van der Waals surface area contributed by atoms with Gasteiger partial charge in [0.05, 0.1) is 18.4 Å². The number of amides is 1. The Morgan fingerprint density at radius 2 is 2.29 bits per heavy atom. The number of rotatable bonds is 6. The topological polar surface area (TPSA) is 50.2 Å². The number of thioether (sulfide) groups is 1. The maximum absolute atomic E-state index is 12.0. The highest BCUT2D eigenvalue weighted by molar-refractivity contribution is 7.98. The molecule has 0 aromatic carbocycles. The van der Waals surface area contributed by atoms with Crippen LogP contribution in [0.1, 0.15) is 37.8 Å². The van der Waals surface area contributed by atoms with Gasteiger partial charge in [-0.3, -0.25) is 4.79 Å². The number of hydrogen-bond donors (Lipinski definition) is 1. The van der Waals surface area contributed by atoms with Crippen LogP contribution < -0.4 is 5.32 Å². The van der Waals surface area contributed by atoms with Crippen LogP contribution in [0.25, 0.3) is 0 Å². The first-order valence-electron chi connectivity index (χ1n) is 7.63. The van der Waals surface area contributed by atoms with E-state index in [1.807, 2.05) is 24.1 Å². The Kier molecular flexibility index (Phi) is 6.11. The van der Waals surface area contributed by atoms with Crippen LogP contribution in [0.4, 0.5) is 0 Å². The molecule has 2 heterocycles. The van der Waals surface area contributed by atoms with Crippen molar-refractivity contribution in [1.82, 2.24) is 19.8 Å². The zero-order chi connectivity index (χ0) is 15.2. The van der Waals surface area contributed by atoms with Crippen molar-refractivity contribution in [3.05, 3.63) is 11.9 Å². The summed E-state index contributed by atoms with van der Waals surface area (Å²) in [5, 5.41) is 3.98. The van der Waals surface area contributed by atoms with E-state index in [1.165, 1.54) is 25.8 Å². The quantitative estimate of drug-likeness (QED) is 0.817. The van der Waals surface area contributed by atoms with Crippen LogP contribution in [0.2, 0.25) is 0 Å². The smallest absolute Gasteiger partial charge is 0.220 e. The van der Waals surface area contributed by atoms with Gasteiger partial charge in [-0.05, 0) is 39.1 Å². The normalized spacial score (nSPS) is 19.7. The van der Waals surface area contributed by atoms with Crippen molar-refractivity contribution in [2.45, 2.75) is 49.8 Å². The number of hydrogen-bond acceptors (Lipinski definition) is 4. The van der Waals surface area contributed by atoms with Crippen molar-refractivity contribution >= 4 is 17.7 Å². The first-order valence-corrected chi connectivity index (χ1v) is 8.85. The summed E-state index contributed by atoms with van der Waals surface area (Å²) in [6, 6.07) is 0.573. The van der Waals surface area contributed by atoms with Crippen molar-refractivity contribution in [3.63, 3.8) is 0 Å². The number of aromatic nitrogens is 2. The molecule has 1 unspecified atom stereocenters. The van der Waals surface area contributed by atoms with Gasteiger partial charge in [-0.15, -0.1) is 0 Å². The summed E-state index contributed by atoms with van der Waals surface area (Å²) in [5.74, 6) is 0.140. The summed E-state index contributed by atoms with van der Waals surface area (Å²) in [4.78, 5) is 18.7. The summed E-state index contributed by atoms with van der Waals surface area (Å²) < 4.78 is 2.03. The highest BCUT2D eigenvalue weighted by atomic mass is 32.2. The summed E-state index contributed by atoms with van der Waals surface area (Å²) >= 11 is 1.61. The SMILES string of the molecule is CSc1ncc(CNC(=O)CCC2CCCCN2C)n1C. The van der Waals surface area contributed by atoms with Crippen LogP contribution in [-0.2, 0) is 18.4 Å². The molecule has 6 heteroatoms. The van der Waals surface area contributed by atoms with Gasteiger partial charge in [-0.1, -0.05) is 18.2 Å². The Bertz CT molecular complexity index is 474. The van der Waals surface area contributed by atoms with Gasteiger partial charge in [0.15, 0.2) is 5.16 Å². The average Bonchev–Trinajstić information content (AvgIpc) is 2.84. The largest absolute Gasteiger partial charge is 0.350 e. The maximum Gasteiger partial charge on any atom is 0.220 e. The second-order valence-corrected chi connectivity index (χ2v) is 6.51. The van der Waals surface area contributed by atoms with Gasteiger partial charge in [-0.2, -0.15) is 0 Å². The van der Waals surface area contributed by atoms with Crippen LogP contribution in [0.3, 0.4) is 0 Å². The van der Waals surface area contributed by atoms with Crippen LogP contribution in [-0.4, -0.2) is 46.2 Å². The Morgan fingerprint density at radius 3 is 2.95 bits per heavy atom. The van der Waals surface area contributed by atoms with Gasteiger partial charge in [-0.25, -0.2) is 4.98 Å². The van der Waals surface area contributed by atoms with Crippen LogP contribution >= 0.6 is 11.8 Å². The minimum atomic E-state index is 0.140. The van der Waals surface area contributed by atoms with Gasteiger partial charge < -0.3 is 14.8 Å². The minimum absolute atomic E-state index is 0.140. The summed E-state index contributed by atoms with van der Waals surface area (Å²) in [5.41, 5.74) is 1.04. The predicted octanol–water partition coefficient (Wildman–Crippen LogP) is 2.02. The first kappa shape index (κ1) is 16.4. The molecule has 1 aliphatic heterocycles. The number of carbonyl (C=O) groups excluding carboxylic acids is 1. The van der Waals surface area contributed by atoms with E-state index in [4.69, 9.17) is 0 Å². The third-order valence-electron chi connectivity index (χ3n) is 4.32. The van der Waals surface area contributed by atoms with Crippen molar-refractivity contribution < 1.29 is 4.79 Å². The Balaban J connectivity index is 1.73. The van der Waals surface area contributed by atoms with Crippen molar-refractivity contribution in [3.8, 4) is 0 Å². The zero-order valence-corrected chi connectivity index (χ0v) is 14.1. The first-order chi connectivity index (χ1) is 10.1. The molecule has 5 nitrogen and oxygen atoms in total. The Morgan fingerprint density at radius 1 is 1.48 bits per heavy atom. The highest BCUT2D eigenvalue weighted by Crippen LogP contribution is 2.19. The molecule has 2 rings (SSSR count). The molecule has 1 atom stereocenters. The fourth-order valence-electron chi connectivity index (χ4n) is 2.86. The molecule has 118 valence electrons. The molecule has 0 aliphatic carbocycles. The van der Waals surface area contributed by atoms with Gasteiger partial charge >= 0.3 is 0 Å². The van der Waals surface area contributed by atoms with Gasteiger partial charge in [0, 0.05) is 19.5 Å². The van der Waals surface area contributed by atoms with E-state index >= 15 is 0 Å². The van der Waals surface area contributed by atoms with E-state index in [0.717, 1.165) is 17.3 Å². The number of nitrogens with one attached hydrogen (secondary N) is 1. The van der Waals surface area contributed by atoms with E-state index in [0.29, 0.717) is 19.0 Å². The molecule has 1 saturated heterocycles. The lowest BCUT2D eigenvalue weighted by atomic mass is 9.98. The van der Waals surface area contributed by atoms with Gasteiger partial charge in [0.1, 0.15) is 0 Å². The molecule has 0 bridgehead atoms. The lowest BCUT2D eigenvalue weighted by Crippen LogP contribution is -2.37. The average molecular weight is 310 g/mol. The van der Waals surface area contributed by atoms with E-state index in [2.05, 4.69) is 22.2 Å². The molecule has 0 spiro atoms. The molecule has 1 N–H and O–H groups in total. The molecule has 1 aromatic heterocycles. The molecule has 21 heavy (non-hydrogen) atoms. The third-order valence-corrected chi connectivity index (χ3v) is 5.06. The number of nitrogens with zero attached hydrogens (tertiary/aromatic N) is 3. The second-order valence-electron chi connectivity index (χ2n) is 5.74. The van der Waals surface area contributed by atoms with E-state index in [9.17, 15) is 4.79 Å². The van der Waals surface area contributed by atoms with Gasteiger partial charge in [0.25, 0.3) is 0 Å². The zero-order valence-electron chi connectivity index (χ0n) is 13.3.